The molecule has 2 bridgehead atoms. The van der Waals surface area contributed by atoms with Crippen molar-refractivity contribution in [1.29, 1.82) is 0 Å². The first-order valence-electron chi connectivity index (χ1n) is 9.63. The van der Waals surface area contributed by atoms with Gasteiger partial charge < -0.3 is 10.6 Å². The molecule has 1 aromatic heterocycles. The highest BCUT2D eigenvalue weighted by Crippen LogP contribution is 2.44. The van der Waals surface area contributed by atoms with E-state index in [-0.39, 0.29) is 24.4 Å². The minimum Gasteiger partial charge on any atom is -0.335 e. The zero-order valence-electron chi connectivity index (χ0n) is 15.3. The van der Waals surface area contributed by atoms with Gasteiger partial charge in [-0.1, -0.05) is 6.42 Å². The summed E-state index contributed by atoms with van der Waals surface area (Å²) in [6.07, 6.45) is 7.89. The van der Waals surface area contributed by atoms with Gasteiger partial charge in [0.1, 0.15) is 0 Å². The molecule has 4 rings (SSSR count). The number of hydrogen-bond donors (Lipinski definition) is 2. The molecule has 3 atom stereocenters. The minimum absolute atomic E-state index is 0. The van der Waals surface area contributed by atoms with Gasteiger partial charge in [-0.05, 0) is 64.2 Å². The zero-order chi connectivity index (χ0) is 16.8. The number of likely N-dealkylation sites (tertiary alicyclic amines) is 1. The Labute approximate surface area is 156 Å². The molecule has 1 amide bonds. The molecule has 3 unspecified atom stereocenters. The molecule has 1 saturated heterocycles. The molecule has 2 saturated carbocycles. The van der Waals surface area contributed by atoms with Gasteiger partial charge in [0.2, 0.25) is 5.91 Å². The summed E-state index contributed by atoms with van der Waals surface area (Å²) < 4.78 is 0. The number of carbonyl (C=O) groups is 1. The predicted molar refractivity (Wildman–Crippen MR) is 101 cm³/mol. The van der Waals surface area contributed by atoms with Gasteiger partial charge >= 0.3 is 0 Å². The number of hydrogen-bond acceptors (Lipinski definition) is 3. The first kappa shape index (κ1) is 18.7. The Balaban J connectivity index is 0.00000182. The third-order valence-electron chi connectivity index (χ3n) is 6.82. The first-order chi connectivity index (χ1) is 11.6. The van der Waals surface area contributed by atoms with Crippen molar-refractivity contribution < 1.29 is 4.79 Å². The molecule has 3 aliphatic rings. The Kier molecular flexibility index (Phi) is 5.45. The van der Waals surface area contributed by atoms with Crippen LogP contribution in [0.25, 0.3) is 0 Å². The Bertz CT molecular complexity index is 597. The SMILES string of the molecule is Cc1n[nH]c(C)c1C1CCCN1C(=O)C1CC2CCCC(C1)C2N.Cl. The van der Waals surface area contributed by atoms with Crippen LogP contribution < -0.4 is 5.73 Å². The normalized spacial score (nSPS) is 34.7. The van der Waals surface area contributed by atoms with Crippen molar-refractivity contribution in [3.05, 3.63) is 17.0 Å². The topological polar surface area (TPSA) is 75.0 Å². The van der Waals surface area contributed by atoms with E-state index in [9.17, 15) is 4.79 Å². The molecule has 1 aromatic rings. The number of nitrogens with zero attached hydrogens (tertiary/aromatic N) is 2. The predicted octanol–water partition coefficient (Wildman–Crippen LogP) is 3.27. The maximum Gasteiger partial charge on any atom is 0.226 e. The summed E-state index contributed by atoms with van der Waals surface area (Å²) in [6.45, 7) is 5.01. The summed E-state index contributed by atoms with van der Waals surface area (Å²) in [7, 11) is 0. The van der Waals surface area contributed by atoms with Crippen LogP contribution in [0.2, 0.25) is 0 Å². The molecule has 2 heterocycles. The lowest BCUT2D eigenvalue weighted by atomic mass is 9.65. The molecule has 1 aliphatic heterocycles. The lowest BCUT2D eigenvalue weighted by Gasteiger charge is -2.44. The highest BCUT2D eigenvalue weighted by Gasteiger charge is 2.43. The molecule has 140 valence electrons. The van der Waals surface area contributed by atoms with Gasteiger partial charge in [-0.3, -0.25) is 9.89 Å². The maximum atomic E-state index is 13.3. The van der Waals surface area contributed by atoms with Gasteiger partial charge in [0.15, 0.2) is 0 Å². The van der Waals surface area contributed by atoms with Gasteiger partial charge in [-0.25, -0.2) is 0 Å². The highest BCUT2D eigenvalue weighted by atomic mass is 35.5. The number of rotatable bonds is 2. The van der Waals surface area contributed by atoms with Crippen molar-refractivity contribution >= 4 is 18.3 Å². The van der Waals surface area contributed by atoms with Crippen LogP contribution in [-0.4, -0.2) is 33.6 Å². The van der Waals surface area contributed by atoms with Gasteiger partial charge in [0, 0.05) is 29.8 Å². The van der Waals surface area contributed by atoms with E-state index in [4.69, 9.17) is 5.73 Å². The molecule has 0 radical (unpaired) electrons. The molecular weight excluding hydrogens is 336 g/mol. The Morgan fingerprint density at radius 1 is 1.16 bits per heavy atom. The third-order valence-corrected chi connectivity index (χ3v) is 6.82. The molecule has 25 heavy (non-hydrogen) atoms. The Morgan fingerprint density at radius 3 is 2.44 bits per heavy atom. The Hall–Kier alpha value is -1.07. The summed E-state index contributed by atoms with van der Waals surface area (Å²) in [5, 5.41) is 7.43. The quantitative estimate of drug-likeness (QED) is 0.843. The van der Waals surface area contributed by atoms with Crippen molar-refractivity contribution in [1.82, 2.24) is 15.1 Å². The largest absolute Gasteiger partial charge is 0.335 e. The monoisotopic (exact) mass is 366 g/mol. The van der Waals surface area contributed by atoms with Crippen LogP contribution in [-0.2, 0) is 4.79 Å². The zero-order valence-corrected chi connectivity index (χ0v) is 16.1. The maximum absolute atomic E-state index is 13.3. The smallest absolute Gasteiger partial charge is 0.226 e. The summed E-state index contributed by atoms with van der Waals surface area (Å²) in [4.78, 5) is 15.5. The van der Waals surface area contributed by atoms with E-state index in [1.54, 1.807) is 0 Å². The van der Waals surface area contributed by atoms with Gasteiger partial charge in [0.25, 0.3) is 0 Å². The molecule has 3 N–H and O–H groups in total. The van der Waals surface area contributed by atoms with E-state index in [0.29, 0.717) is 23.8 Å². The summed E-state index contributed by atoms with van der Waals surface area (Å²) in [5.41, 5.74) is 9.80. The number of aryl methyl sites for hydroxylation is 2. The lowest BCUT2D eigenvalue weighted by Crippen LogP contribution is -2.49. The van der Waals surface area contributed by atoms with E-state index in [0.717, 1.165) is 43.6 Å². The van der Waals surface area contributed by atoms with Gasteiger partial charge in [-0.2, -0.15) is 5.10 Å². The fourth-order valence-corrected chi connectivity index (χ4v) is 5.61. The van der Waals surface area contributed by atoms with Crippen LogP contribution in [0.4, 0.5) is 0 Å². The summed E-state index contributed by atoms with van der Waals surface area (Å²) in [6, 6.07) is 0.544. The number of aromatic amines is 1. The molecular formula is C19H31ClN4O. The molecule has 5 nitrogen and oxygen atoms in total. The van der Waals surface area contributed by atoms with Crippen molar-refractivity contribution in [2.45, 2.75) is 70.9 Å². The average molecular weight is 367 g/mol. The molecule has 0 aromatic carbocycles. The fourth-order valence-electron chi connectivity index (χ4n) is 5.61. The van der Waals surface area contributed by atoms with Crippen molar-refractivity contribution in [2.75, 3.05) is 6.54 Å². The van der Waals surface area contributed by atoms with E-state index in [2.05, 4.69) is 22.0 Å². The second-order valence-corrected chi connectivity index (χ2v) is 8.23. The van der Waals surface area contributed by atoms with E-state index >= 15 is 0 Å². The van der Waals surface area contributed by atoms with Gasteiger partial charge in [-0.15, -0.1) is 12.4 Å². The van der Waals surface area contributed by atoms with Crippen LogP contribution in [0.3, 0.4) is 0 Å². The van der Waals surface area contributed by atoms with Crippen molar-refractivity contribution in [3.8, 4) is 0 Å². The summed E-state index contributed by atoms with van der Waals surface area (Å²) >= 11 is 0. The molecule has 6 heteroatoms. The minimum atomic E-state index is 0. The van der Waals surface area contributed by atoms with E-state index in [1.807, 2.05) is 6.92 Å². The van der Waals surface area contributed by atoms with Crippen LogP contribution in [0.15, 0.2) is 0 Å². The number of halogens is 1. The Morgan fingerprint density at radius 2 is 1.84 bits per heavy atom. The highest BCUT2D eigenvalue weighted by molar-refractivity contribution is 5.85. The lowest BCUT2D eigenvalue weighted by molar-refractivity contribution is -0.139. The van der Waals surface area contributed by atoms with E-state index in [1.165, 1.54) is 24.8 Å². The van der Waals surface area contributed by atoms with Crippen molar-refractivity contribution in [3.63, 3.8) is 0 Å². The second-order valence-electron chi connectivity index (χ2n) is 8.23. The third kappa shape index (κ3) is 3.21. The van der Waals surface area contributed by atoms with Crippen LogP contribution in [0.1, 0.15) is 67.9 Å². The van der Waals surface area contributed by atoms with Crippen LogP contribution in [0.5, 0.6) is 0 Å². The van der Waals surface area contributed by atoms with Crippen LogP contribution >= 0.6 is 12.4 Å². The number of amides is 1. The van der Waals surface area contributed by atoms with Crippen LogP contribution in [0, 0.1) is 31.6 Å². The molecule has 2 aliphatic carbocycles. The number of fused-ring (bicyclic) bond motifs is 2. The average Bonchev–Trinajstić information content (AvgIpc) is 3.13. The number of carbonyl (C=O) groups excluding carboxylic acids is 1. The second kappa shape index (κ2) is 7.28. The van der Waals surface area contributed by atoms with Crippen molar-refractivity contribution in [2.24, 2.45) is 23.5 Å². The number of H-pyrrole nitrogens is 1. The number of nitrogens with one attached hydrogen (secondary N) is 1. The first-order valence-corrected chi connectivity index (χ1v) is 9.63. The molecule has 0 spiro atoms. The number of aromatic nitrogens is 2. The van der Waals surface area contributed by atoms with Gasteiger partial charge in [0.05, 0.1) is 11.7 Å². The number of nitrogens with two attached hydrogens (primary N) is 1. The summed E-state index contributed by atoms with van der Waals surface area (Å²) in [5.74, 6) is 1.68. The van der Waals surface area contributed by atoms with E-state index < -0.39 is 0 Å². The standard InChI is InChI=1S/C19H30N4O.ClH/c1-11-17(12(2)22-21-11)16-7-4-8-23(16)19(24)15-9-13-5-3-6-14(10-15)18(13)20;/h13-16,18H,3-10,20H2,1-2H3,(H,21,22);1H. The molecule has 3 fully saturated rings. The fraction of sp³-hybridized carbons (Fsp3) is 0.789.